The molecule has 1 amide bonds. The molecule has 0 saturated carbocycles. The summed E-state index contributed by atoms with van der Waals surface area (Å²) >= 11 is 0. The number of amides is 1. The standard InChI is InChI=1S/C15H24N2O4/c1-12(21-11-10-20-9-3-8-19-2)15(18)17-14-6-4-13(16)5-7-14/h4-7,12H,3,8-11,16H2,1-2H3,(H,17,18). The third-order valence-electron chi connectivity index (χ3n) is 2.78. The van der Waals surface area contributed by atoms with Gasteiger partial charge < -0.3 is 25.3 Å². The van der Waals surface area contributed by atoms with Crippen LogP contribution >= 0.6 is 0 Å². The van der Waals surface area contributed by atoms with Gasteiger partial charge in [0, 0.05) is 31.7 Å². The second-order valence-electron chi connectivity index (χ2n) is 4.58. The molecule has 0 bridgehead atoms. The van der Waals surface area contributed by atoms with Gasteiger partial charge in [0.05, 0.1) is 13.2 Å². The highest BCUT2D eigenvalue weighted by molar-refractivity contribution is 5.94. The predicted molar refractivity (Wildman–Crippen MR) is 82.2 cm³/mol. The number of nitrogens with two attached hydrogens (primary N) is 1. The Hall–Kier alpha value is -1.63. The van der Waals surface area contributed by atoms with Crippen LogP contribution in [0.4, 0.5) is 11.4 Å². The number of benzene rings is 1. The number of anilines is 2. The molecule has 0 aliphatic carbocycles. The van der Waals surface area contributed by atoms with Crippen molar-refractivity contribution in [2.24, 2.45) is 0 Å². The summed E-state index contributed by atoms with van der Waals surface area (Å²) in [7, 11) is 1.66. The van der Waals surface area contributed by atoms with Gasteiger partial charge in [0.25, 0.3) is 5.91 Å². The van der Waals surface area contributed by atoms with E-state index < -0.39 is 6.10 Å². The van der Waals surface area contributed by atoms with E-state index in [0.29, 0.717) is 37.8 Å². The molecule has 1 unspecified atom stereocenters. The second-order valence-corrected chi connectivity index (χ2v) is 4.58. The Kier molecular flexibility index (Phi) is 8.42. The molecule has 0 heterocycles. The molecule has 6 heteroatoms. The minimum absolute atomic E-state index is 0.195. The zero-order valence-corrected chi connectivity index (χ0v) is 12.6. The van der Waals surface area contributed by atoms with E-state index in [1.165, 1.54) is 0 Å². The SMILES string of the molecule is COCCCOCCOC(C)C(=O)Nc1ccc(N)cc1. The highest BCUT2D eigenvalue weighted by Gasteiger charge is 2.13. The number of methoxy groups -OCH3 is 1. The maximum Gasteiger partial charge on any atom is 0.253 e. The number of rotatable bonds is 10. The number of nitrogen functional groups attached to an aromatic ring is 1. The van der Waals surface area contributed by atoms with E-state index in [4.69, 9.17) is 19.9 Å². The van der Waals surface area contributed by atoms with Gasteiger partial charge in [0.15, 0.2) is 0 Å². The van der Waals surface area contributed by atoms with Crippen molar-refractivity contribution in [2.45, 2.75) is 19.4 Å². The molecule has 6 nitrogen and oxygen atoms in total. The fourth-order valence-electron chi connectivity index (χ4n) is 1.58. The molecule has 0 saturated heterocycles. The zero-order chi connectivity index (χ0) is 15.5. The molecule has 3 N–H and O–H groups in total. The van der Waals surface area contributed by atoms with E-state index in [0.717, 1.165) is 6.42 Å². The highest BCUT2D eigenvalue weighted by atomic mass is 16.5. The van der Waals surface area contributed by atoms with Crippen molar-refractivity contribution in [3.05, 3.63) is 24.3 Å². The van der Waals surface area contributed by atoms with Gasteiger partial charge in [-0.1, -0.05) is 0 Å². The number of hydrogen-bond acceptors (Lipinski definition) is 5. The van der Waals surface area contributed by atoms with Crippen molar-refractivity contribution >= 4 is 17.3 Å². The van der Waals surface area contributed by atoms with E-state index in [9.17, 15) is 4.79 Å². The molecule has 1 aromatic carbocycles. The third-order valence-corrected chi connectivity index (χ3v) is 2.78. The lowest BCUT2D eigenvalue weighted by molar-refractivity contribution is -0.127. The summed E-state index contributed by atoms with van der Waals surface area (Å²) in [5.74, 6) is -0.195. The number of hydrogen-bond donors (Lipinski definition) is 2. The summed E-state index contributed by atoms with van der Waals surface area (Å²) < 4.78 is 15.7. The molecule has 1 rings (SSSR count). The Balaban J connectivity index is 2.15. The summed E-state index contributed by atoms with van der Waals surface area (Å²) in [4.78, 5) is 11.9. The van der Waals surface area contributed by atoms with Crippen LogP contribution in [-0.2, 0) is 19.0 Å². The first-order valence-corrected chi connectivity index (χ1v) is 6.98. The van der Waals surface area contributed by atoms with Gasteiger partial charge in [0.2, 0.25) is 0 Å². The monoisotopic (exact) mass is 296 g/mol. The van der Waals surface area contributed by atoms with Gasteiger partial charge in [-0.25, -0.2) is 0 Å². The number of carbonyl (C=O) groups is 1. The lowest BCUT2D eigenvalue weighted by atomic mass is 10.2. The molecular weight excluding hydrogens is 272 g/mol. The molecule has 1 atom stereocenters. The minimum atomic E-state index is -0.537. The van der Waals surface area contributed by atoms with Crippen LogP contribution in [0.3, 0.4) is 0 Å². The maximum absolute atomic E-state index is 11.9. The first kappa shape index (κ1) is 17.4. The lowest BCUT2D eigenvalue weighted by Crippen LogP contribution is -2.28. The van der Waals surface area contributed by atoms with Gasteiger partial charge in [-0.2, -0.15) is 0 Å². The van der Waals surface area contributed by atoms with Crippen LogP contribution in [0.25, 0.3) is 0 Å². The fourth-order valence-corrected chi connectivity index (χ4v) is 1.58. The van der Waals surface area contributed by atoms with Crippen LogP contribution in [0, 0.1) is 0 Å². The minimum Gasteiger partial charge on any atom is -0.399 e. The number of nitrogens with one attached hydrogen (secondary N) is 1. The molecule has 0 aliphatic heterocycles. The van der Waals surface area contributed by atoms with Crippen LogP contribution in [0.15, 0.2) is 24.3 Å². The first-order chi connectivity index (χ1) is 10.1. The van der Waals surface area contributed by atoms with Gasteiger partial charge in [-0.3, -0.25) is 4.79 Å². The van der Waals surface area contributed by atoms with Crippen molar-refractivity contribution < 1.29 is 19.0 Å². The van der Waals surface area contributed by atoms with Crippen LogP contribution in [0.2, 0.25) is 0 Å². The van der Waals surface area contributed by atoms with Crippen LogP contribution in [-0.4, -0.2) is 45.5 Å². The molecule has 0 aromatic heterocycles. The summed E-state index contributed by atoms with van der Waals surface area (Å²) in [6.45, 7) is 3.86. The van der Waals surface area contributed by atoms with Gasteiger partial charge in [-0.05, 0) is 37.6 Å². The van der Waals surface area contributed by atoms with Gasteiger partial charge >= 0.3 is 0 Å². The summed E-state index contributed by atoms with van der Waals surface area (Å²) in [6.07, 6.45) is 0.314. The fraction of sp³-hybridized carbons (Fsp3) is 0.533. The van der Waals surface area contributed by atoms with Crippen molar-refractivity contribution in [2.75, 3.05) is 44.6 Å². The molecule has 0 aliphatic rings. The number of ether oxygens (including phenoxy) is 3. The summed E-state index contributed by atoms with van der Waals surface area (Å²) in [5, 5.41) is 2.76. The van der Waals surface area contributed by atoms with Crippen LogP contribution in [0.5, 0.6) is 0 Å². The Morgan fingerprint density at radius 1 is 1.19 bits per heavy atom. The molecule has 0 radical (unpaired) electrons. The molecule has 21 heavy (non-hydrogen) atoms. The smallest absolute Gasteiger partial charge is 0.253 e. The maximum atomic E-state index is 11.9. The van der Waals surface area contributed by atoms with E-state index in [-0.39, 0.29) is 5.91 Å². The largest absolute Gasteiger partial charge is 0.399 e. The quantitative estimate of drug-likeness (QED) is 0.507. The summed E-state index contributed by atoms with van der Waals surface area (Å²) in [6, 6.07) is 6.96. The van der Waals surface area contributed by atoms with Crippen molar-refractivity contribution in [1.82, 2.24) is 0 Å². The van der Waals surface area contributed by atoms with Gasteiger partial charge in [0.1, 0.15) is 6.10 Å². The second kappa shape index (κ2) is 10.1. The topological polar surface area (TPSA) is 82.8 Å². The predicted octanol–water partition coefficient (Wildman–Crippen LogP) is 1.67. The van der Waals surface area contributed by atoms with E-state index in [1.807, 2.05) is 0 Å². The Labute approximate surface area is 125 Å². The van der Waals surface area contributed by atoms with Crippen LogP contribution < -0.4 is 11.1 Å². The average molecular weight is 296 g/mol. The van der Waals surface area contributed by atoms with E-state index >= 15 is 0 Å². The van der Waals surface area contributed by atoms with Crippen molar-refractivity contribution in [1.29, 1.82) is 0 Å². The molecule has 118 valence electrons. The highest BCUT2D eigenvalue weighted by Crippen LogP contribution is 2.11. The lowest BCUT2D eigenvalue weighted by Gasteiger charge is -2.13. The van der Waals surface area contributed by atoms with Crippen LogP contribution in [0.1, 0.15) is 13.3 Å². The average Bonchev–Trinajstić information content (AvgIpc) is 2.48. The molecule has 0 fully saturated rings. The third kappa shape index (κ3) is 7.65. The number of carbonyl (C=O) groups excluding carboxylic acids is 1. The molecule has 1 aromatic rings. The van der Waals surface area contributed by atoms with Gasteiger partial charge in [-0.15, -0.1) is 0 Å². The van der Waals surface area contributed by atoms with Crippen molar-refractivity contribution in [3.8, 4) is 0 Å². The molecule has 0 spiro atoms. The molecular formula is C15H24N2O4. The summed E-state index contributed by atoms with van der Waals surface area (Å²) in [5.41, 5.74) is 6.93. The first-order valence-electron chi connectivity index (χ1n) is 6.98. The Bertz CT molecular complexity index is 409. The zero-order valence-electron chi connectivity index (χ0n) is 12.6. The van der Waals surface area contributed by atoms with Crippen molar-refractivity contribution in [3.63, 3.8) is 0 Å². The normalized spacial score (nSPS) is 12.1. The van der Waals surface area contributed by atoms with E-state index in [2.05, 4.69) is 5.32 Å². The Morgan fingerprint density at radius 3 is 2.57 bits per heavy atom. The van der Waals surface area contributed by atoms with E-state index in [1.54, 1.807) is 38.3 Å². The Morgan fingerprint density at radius 2 is 1.90 bits per heavy atom.